The Kier molecular flexibility index (Phi) is 1.34. The first kappa shape index (κ1) is 7.23. The van der Waals surface area contributed by atoms with Gasteiger partial charge in [0.15, 0.2) is 0 Å². The summed E-state index contributed by atoms with van der Waals surface area (Å²) in [7, 11) is -0.00231. The first-order valence-corrected chi connectivity index (χ1v) is 4.13. The molecule has 1 aliphatic heterocycles. The van der Waals surface area contributed by atoms with Gasteiger partial charge in [-0.2, -0.15) is 0 Å². The largest absolute Gasteiger partial charge is 0.537 e. The van der Waals surface area contributed by atoms with Crippen molar-refractivity contribution in [3.8, 4) is 0 Å². The lowest BCUT2D eigenvalue weighted by Crippen LogP contribution is -2.23. The van der Waals surface area contributed by atoms with Crippen LogP contribution in [0.4, 0.5) is 0 Å². The Labute approximate surface area is 67.7 Å². The molecule has 2 rings (SSSR count). The van der Waals surface area contributed by atoms with Crippen LogP contribution in [0.25, 0.3) is 0 Å². The lowest BCUT2D eigenvalue weighted by atomic mass is 9.82. The maximum atomic E-state index is 5.66. The molecule has 1 aliphatic carbocycles. The van der Waals surface area contributed by atoms with Gasteiger partial charge in [0.1, 0.15) is 5.60 Å². The van der Waals surface area contributed by atoms with Crippen LogP contribution in [0.1, 0.15) is 26.7 Å². The van der Waals surface area contributed by atoms with Crippen molar-refractivity contribution < 1.29 is 9.31 Å². The minimum Gasteiger partial charge on any atom is -0.537 e. The fraction of sp³-hybridized carbons (Fsp3) is 0.750. The Hall–Kier alpha value is -0.435. The molecule has 11 heavy (non-hydrogen) atoms. The molecule has 0 spiro atoms. The fourth-order valence-electron chi connectivity index (χ4n) is 1.22. The van der Waals surface area contributed by atoms with Crippen LogP contribution >= 0.6 is 0 Å². The average Bonchev–Trinajstić information content (AvgIpc) is 2.63. The molecule has 0 N–H and O–H groups in total. The molecule has 60 valence electrons. The summed E-state index contributed by atoms with van der Waals surface area (Å²) >= 11 is 0. The fourth-order valence-corrected chi connectivity index (χ4v) is 1.22. The maximum absolute atomic E-state index is 5.66. The van der Waals surface area contributed by atoms with Gasteiger partial charge in [-0.1, -0.05) is 19.4 Å². The molecule has 2 nitrogen and oxygen atoms in total. The van der Waals surface area contributed by atoms with Crippen molar-refractivity contribution >= 4 is 7.12 Å². The molecular weight excluding hydrogens is 139 g/mol. The Morgan fingerprint density at radius 2 is 2.18 bits per heavy atom. The van der Waals surface area contributed by atoms with Gasteiger partial charge >= 0.3 is 7.12 Å². The van der Waals surface area contributed by atoms with Crippen LogP contribution in [0.3, 0.4) is 0 Å². The van der Waals surface area contributed by atoms with Crippen LogP contribution in [-0.2, 0) is 9.31 Å². The summed E-state index contributed by atoms with van der Waals surface area (Å²) in [6.45, 7) is 7.82. The Morgan fingerprint density at radius 3 is 2.55 bits per heavy atom. The quantitative estimate of drug-likeness (QED) is 0.534. The minimum absolute atomic E-state index is 0.00231. The van der Waals surface area contributed by atoms with Crippen LogP contribution in [0, 0.1) is 0 Å². The minimum atomic E-state index is -0.271. The summed E-state index contributed by atoms with van der Waals surface area (Å²) in [5.41, 5.74) is -0.271. The van der Waals surface area contributed by atoms with E-state index in [9.17, 15) is 0 Å². The van der Waals surface area contributed by atoms with Gasteiger partial charge in [-0.05, 0) is 13.8 Å². The topological polar surface area (TPSA) is 18.5 Å². The zero-order valence-electron chi connectivity index (χ0n) is 7.09. The van der Waals surface area contributed by atoms with Gasteiger partial charge in [-0.3, -0.25) is 0 Å². The highest BCUT2D eigenvalue weighted by Gasteiger charge is 2.50. The second-order valence-electron chi connectivity index (χ2n) is 3.88. The maximum Gasteiger partial charge on any atom is 0.529 e. The number of hydrogen-bond donors (Lipinski definition) is 0. The van der Waals surface area contributed by atoms with Crippen molar-refractivity contribution in [1.82, 2.24) is 0 Å². The number of rotatable bonds is 1. The highest BCUT2D eigenvalue weighted by Crippen LogP contribution is 2.45. The van der Waals surface area contributed by atoms with E-state index in [1.807, 2.05) is 13.8 Å². The molecule has 2 aliphatic rings. The lowest BCUT2D eigenvalue weighted by molar-refractivity contribution is 0.169. The summed E-state index contributed by atoms with van der Waals surface area (Å²) < 4.78 is 11.1. The van der Waals surface area contributed by atoms with E-state index in [2.05, 4.69) is 6.58 Å². The smallest absolute Gasteiger partial charge is 0.529 e. The van der Waals surface area contributed by atoms with Gasteiger partial charge in [-0.15, -0.1) is 0 Å². The van der Waals surface area contributed by atoms with Crippen molar-refractivity contribution in [2.45, 2.75) is 38.1 Å². The molecule has 1 heterocycles. The van der Waals surface area contributed by atoms with Gasteiger partial charge in [0.2, 0.25) is 0 Å². The van der Waals surface area contributed by atoms with Gasteiger partial charge in [0.05, 0.1) is 5.76 Å². The molecule has 0 aromatic heterocycles. The monoisotopic (exact) mass is 152 g/mol. The summed E-state index contributed by atoms with van der Waals surface area (Å²) in [6, 6.07) is 0. The zero-order chi connectivity index (χ0) is 8.06. The summed E-state index contributed by atoms with van der Waals surface area (Å²) in [4.78, 5) is 0. The predicted octanol–water partition coefficient (Wildman–Crippen LogP) is 1.98. The van der Waals surface area contributed by atoms with Gasteiger partial charge < -0.3 is 9.31 Å². The third-order valence-corrected chi connectivity index (χ3v) is 2.35. The first-order valence-electron chi connectivity index (χ1n) is 4.13. The zero-order valence-corrected chi connectivity index (χ0v) is 7.09. The Bertz CT molecular complexity index is 196. The van der Waals surface area contributed by atoms with E-state index in [4.69, 9.17) is 9.31 Å². The molecule has 1 saturated heterocycles. The first-order chi connectivity index (χ1) is 5.09. The SMILES string of the molecule is C=C1OB(C2CC2)OC1(C)C. The van der Waals surface area contributed by atoms with Crippen molar-refractivity contribution in [3.05, 3.63) is 12.3 Å². The van der Waals surface area contributed by atoms with Gasteiger partial charge in [-0.25, -0.2) is 0 Å². The van der Waals surface area contributed by atoms with Crippen LogP contribution in [0.5, 0.6) is 0 Å². The molecular formula is C8H13BO2. The highest BCUT2D eigenvalue weighted by atomic mass is 16.7. The van der Waals surface area contributed by atoms with E-state index in [0.717, 1.165) is 5.76 Å². The van der Waals surface area contributed by atoms with Gasteiger partial charge in [0.25, 0.3) is 0 Å². The normalized spacial score (nSPS) is 28.9. The van der Waals surface area contributed by atoms with Crippen LogP contribution in [0.2, 0.25) is 5.82 Å². The van der Waals surface area contributed by atoms with E-state index in [0.29, 0.717) is 5.82 Å². The Morgan fingerprint density at radius 1 is 1.55 bits per heavy atom. The van der Waals surface area contributed by atoms with Crippen molar-refractivity contribution in [1.29, 1.82) is 0 Å². The standard InChI is InChI=1S/C8H13BO2/c1-6-8(2,3)11-9(10-6)7-4-5-7/h7H,1,4-5H2,2-3H3. The molecule has 0 aromatic rings. The Balaban J connectivity index is 2.05. The van der Waals surface area contributed by atoms with E-state index < -0.39 is 0 Å². The van der Waals surface area contributed by atoms with Crippen LogP contribution in [0.15, 0.2) is 12.3 Å². The average molecular weight is 152 g/mol. The molecule has 0 atom stereocenters. The van der Waals surface area contributed by atoms with Gasteiger partial charge in [0, 0.05) is 5.82 Å². The van der Waals surface area contributed by atoms with Crippen molar-refractivity contribution in [2.24, 2.45) is 0 Å². The van der Waals surface area contributed by atoms with E-state index in [1.54, 1.807) is 0 Å². The van der Waals surface area contributed by atoms with Crippen molar-refractivity contribution in [2.75, 3.05) is 0 Å². The van der Waals surface area contributed by atoms with E-state index >= 15 is 0 Å². The van der Waals surface area contributed by atoms with Crippen molar-refractivity contribution in [3.63, 3.8) is 0 Å². The third-order valence-electron chi connectivity index (χ3n) is 2.35. The molecule has 0 radical (unpaired) electrons. The molecule has 0 bridgehead atoms. The van der Waals surface area contributed by atoms with Crippen LogP contribution < -0.4 is 0 Å². The lowest BCUT2D eigenvalue weighted by Gasteiger charge is -2.15. The summed E-state index contributed by atoms with van der Waals surface area (Å²) in [6.07, 6.45) is 2.49. The van der Waals surface area contributed by atoms with E-state index in [1.165, 1.54) is 12.8 Å². The number of hydrogen-bond acceptors (Lipinski definition) is 2. The summed E-state index contributed by atoms with van der Waals surface area (Å²) in [5.74, 6) is 1.41. The van der Waals surface area contributed by atoms with E-state index in [-0.39, 0.29) is 12.7 Å². The predicted molar refractivity (Wildman–Crippen MR) is 44.1 cm³/mol. The molecule has 0 aromatic carbocycles. The second kappa shape index (κ2) is 2.04. The molecule has 0 unspecified atom stereocenters. The van der Waals surface area contributed by atoms with Crippen LogP contribution in [-0.4, -0.2) is 12.7 Å². The highest BCUT2D eigenvalue weighted by molar-refractivity contribution is 6.48. The molecule has 2 fully saturated rings. The molecule has 0 amide bonds. The second-order valence-corrected chi connectivity index (χ2v) is 3.88. The third kappa shape index (κ3) is 1.18. The summed E-state index contributed by atoms with van der Waals surface area (Å²) in [5, 5.41) is 0. The molecule has 1 saturated carbocycles. The molecule has 3 heteroatoms.